The van der Waals surface area contributed by atoms with Crippen molar-refractivity contribution in [3.05, 3.63) is 51.9 Å². The zero-order chi connectivity index (χ0) is 16.4. The van der Waals surface area contributed by atoms with E-state index in [1.807, 2.05) is 12.1 Å². The van der Waals surface area contributed by atoms with Crippen LogP contribution in [0.15, 0.2) is 40.4 Å². The molecule has 24 heavy (non-hydrogen) atoms. The summed E-state index contributed by atoms with van der Waals surface area (Å²) in [5, 5.41) is 11.1. The summed E-state index contributed by atoms with van der Waals surface area (Å²) in [7, 11) is 0. The first-order chi connectivity index (χ1) is 11.8. The van der Waals surface area contributed by atoms with Gasteiger partial charge in [-0.1, -0.05) is 43.5 Å². The van der Waals surface area contributed by atoms with Gasteiger partial charge < -0.3 is 0 Å². The van der Waals surface area contributed by atoms with Crippen molar-refractivity contribution in [2.45, 2.75) is 25.7 Å². The first-order valence-corrected chi connectivity index (χ1v) is 8.09. The normalized spacial score (nSPS) is 15.0. The molecule has 2 aromatic heterocycles. The largest absolute Gasteiger partial charge is 0.291 e. The highest BCUT2D eigenvalue weighted by atomic mass is 16.1. The van der Waals surface area contributed by atoms with Crippen LogP contribution in [0, 0.1) is 5.92 Å². The monoisotopic (exact) mass is 322 g/mol. The maximum atomic E-state index is 11.8. The van der Waals surface area contributed by atoms with Crippen LogP contribution in [0.1, 0.15) is 30.4 Å². The number of aromatic nitrogens is 4. The SMILES string of the molecule is O=c1[nH]c(N/N=C/c2cccc(CC3CCC3)c2)nc2[nH]ncc12. The van der Waals surface area contributed by atoms with Gasteiger partial charge in [0.1, 0.15) is 5.39 Å². The molecule has 0 radical (unpaired) electrons. The molecule has 122 valence electrons. The summed E-state index contributed by atoms with van der Waals surface area (Å²) in [6, 6.07) is 8.36. The Morgan fingerprint density at radius 2 is 2.29 bits per heavy atom. The minimum atomic E-state index is -0.256. The van der Waals surface area contributed by atoms with Crippen molar-refractivity contribution < 1.29 is 0 Å². The number of fused-ring (bicyclic) bond motifs is 1. The fourth-order valence-electron chi connectivity index (χ4n) is 2.90. The lowest BCUT2D eigenvalue weighted by molar-refractivity contribution is 0.314. The van der Waals surface area contributed by atoms with Crippen LogP contribution in [0.4, 0.5) is 5.95 Å². The number of hydrogen-bond acceptors (Lipinski definition) is 5. The maximum absolute atomic E-state index is 11.8. The third-order valence-corrected chi connectivity index (χ3v) is 4.40. The van der Waals surface area contributed by atoms with E-state index in [2.05, 4.69) is 42.8 Å². The highest BCUT2D eigenvalue weighted by Gasteiger charge is 2.17. The predicted molar refractivity (Wildman–Crippen MR) is 93.2 cm³/mol. The Hall–Kier alpha value is -2.96. The molecule has 1 fully saturated rings. The van der Waals surface area contributed by atoms with Crippen LogP contribution in [0.3, 0.4) is 0 Å². The molecule has 0 saturated heterocycles. The quantitative estimate of drug-likeness (QED) is 0.496. The van der Waals surface area contributed by atoms with Crippen LogP contribution in [0.5, 0.6) is 0 Å². The van der Waals surface area contributed by atoms with Gasteiger partial charge in [-0.3, -0.25) is 14.9 Å². The smallest absolute Gasteiger partial charge is 0.263 e. The molecule has 0 bridgehead atoms. The number of nitrogens with one attached hydrogen (secondary N) is 3. The summed E-state index contributed by atoms with van der Waals surface area (Å²) < 4.78 is 0. The summed E-state index contributed by atoms with van der Waals surface area (Å²) in [6.07, 6.45) is 8.36. The maximum Gasteiger partial charge on any atom is 0.263 e. The second-order valence-electron chi connectivity index (χ2n) is 6.16. The standard InChI is InChI=1S/C17H18N6O/c24-16-14-10-19-22-15(14)20-17(21-16)23-18-9-13-6-2-5-12(8-13)7-11-3-1-4-11/h2,5-6,8-11H,1,3-4,7H2,(H3,19,20,21,22,23,24)/b18-9+. The summed E-state index contributed by atoms with van der Waals surface area (Å²) >= 11 is 0. The molecule has 3 N–H and O–H groups in total. The van der Waals surface area contributed by atoms with Gasteiger partial charge in [-0.25, -0.2) is 5.43 Å². The molecule has 0 spiro atoms. The van der Waals surface area contributed by atoms with E-state index in [0.717, 1.165) is 17.9 Å². The molecule has 0 atom stereocenters. The molecule has 0 aliphatic heterocycles. The fourth-order valence-corrected chi connectivity index (χ4v) is 2.90. The number of rotatable bonds is 5. The van der Waals surface area contributed by atoms with Gasteiger partial charge in [0, 0.05) is 0 Å². The van der Waals surface area contributed by atoms with Crippen LogP contribution < -0.4 is 11.0 Å². The van der Waals surface area contributed by atoms with Crippen LogP contribution >= 0.6 is 0 Å². The van der Waals surface area contributed by atoms with Gasteiger partial charge in [-0.05, 0) is 23.5 Å². The molecule has 7 heteroatoms. The van der Waals surface area contributed by atoms with Gasteiger partial charge in [-0.15, -0.1) is 0 Å². The molecule has 0 unspecified atom stereocenters. The summed E-state index contributed by atoms with van der Waals surface area (Å²) in [6.45, 7) is 0. The summed E-state index contributed by atoms with van der Waals surface area (Å²) in [4.78, 5) is 18.7. The molecular formula is C17H18N6O. The Bertz CT molecular complexity index is 937. The van der Waals surface area contributed by atoms with Gasteiger partial charge in [-0.2, -0.15) is 15.2 Å². The van der Waals surface area contributed by atoms with Crippen molar-refractivity contribution in [1.29, 1.82) is 0 Å². The zero-order valence-electron chi connectivity index (χ0n) is 13.1. The summed E-state index contributed by atoms with van der Waals surface area (Å²) in [5.41, 5.74) is 5.29. The van der Waals surface area contributed by atoms with Gasteiger partial charge in [0.15, 0.2) is 5.65 Å². The lowest BCUT2D eigenvalue weighted by Gasteiger charge is -2.25. The lowest BCUT2D eigenvalue weighted by atomic mass is 9.81. The Kier molecular flexibility index (Phi) is 3.82. The molecule has 1 aliphatic carbocycles. The first kappa shape index (κ1) is 14.6. The zero-order valence-corrected chi connectivity index (χ0v) is 13.1. The number of nitrogens with zero attached hydrogens (tertiary/aromatic N) is 3. The topological polar surface area (TPSA) is 98.8 Å². The molecule has 1 saturated carbocycles. The average Bonchev–Trinajstić information content (AvgIpc) is 3.01. The van der Waals surface area contributed by atoms with Gasteiger partial charge in [0.2, 0.25) is 5.95 Å². The molecule has 4 rings (SSSR count). The third kappa shape index (κ3) is 3.05. The van der Waals surface area contributed by atoms with E-state index in [-0.39, 0.29) is 11.5 Å². The summed E-state index contributed by atoms with van der Waals surface area (Å²) in [5.74, 6) is 1.12. The van der Waals surface area contributed by atoms with Crippen molar-refractivity contribution in [3.8, 4) is 0 Å². The van der Waals surface area contributed by atoms with Crippen molar-refractivity contribution >= 4 is 23.2 Å². The average molecular weight is 322 g/mol. The minimum Gasteiger partial charge on any atom is -0.291 e. The van der Waals surface area contributed by atoms with Crippen molar-refractivity contribution in [2.75, 3.05) is 5.43 Å². The van der Waals surface area contributed by atoms with Gasteiger partial charge in [0.05, 0.1) is 12.4 Å². The van der Waals surface area contributed by atoms with Crippen LogP contribution in [0.2, 0.25) is 0 Å². The Balaban J connectivity index is 1.46. The van der Waals surface area contributed by atoms with Crippen LogP contribution in [0.25, 0.3) is 11.0 Å². The third-order valence-electron chi connectivity index (χ3n) is 4.40. The van der Waals surface area contributed by atoms with Gasteiger partial charge >= 0.3 is 0 Å². The number of aromatic amines is 2. The number of benzene rings is 1. The van der Waals surface area contributed by atoms with E-state index in [9.17, 15) is 4.79 Å². The molecular weight excluding hydrogens is 304 g/mol. The van der Waals surface area contributed by atoms with E-state index >= 15 is 0 Å². The molecule has 2 heterocycles. The lowest BCUT2D eigenvalue weighted by Crippen LogP contribution is -2.13. The highest BCUT2D eigenvalue weighted by Crippen LogP contribution is 2.29. The highest BCUT2D eigenvalue weighted by molar-refractivity contribution is 5.80. The van der Waals surface area contributed by atoms with Crippen molar-refractivity contribution in [2.24, 2.45) is 11.0 Å². The predicted octanol–water partition coefficient (Wildman–Crippen LogP) is 2.43. The Labute approximate surface area is 138 Å². The number of hydrazone groups is 1. The molecule has 0 amide bonds. The minimum absolute atomic E-state index is 0.256. The molecule has 1 aliphatic rings. The van der Waals surface area contributed by atoms with Crippen LogP contribution in [-0.4, -0.2) is 26.4 Å². The second kappa shape index (κ2) is 6.27. The second-order valence-corrected chi connectivity index (χ2v) is 6.16. The van der Waals surface area contributed by atoms with Gasteiger partial charge in [0.25, 0.3) is 5.56 Å². The van der Waals surface area contributed by atoms with E-state index in [4.69, 9.17) is 0 Å². The Morgan fingerprint density at radius 3 is 3.12 bits per heavy atom. The fraction of sp³-hybridized carbons (Fsp3) is 0.294. The van der Waals surface area contributed by atoms with E-state index in [1.54, 1.807) is 6.21 Å². The molecule has 3 aromatic rings. The number of H-pyrrole nitrogens is 2. The van der Waals surface area contributed by atoms with E-state index in [1.165, 1.54) is 31.0 Å². The van der Waals surface area contributed by atoms with Crippen molar-refractivity contribution in [3.63, 3.8) is 0 Å². The van der Waals surface area contributed by atoms with Crippen molar-refractivity contribution in [1.82, 2.24) is 20.2 Å². The molecule has 7 nitrogen and oxygen atoms in total. The van der Waals surface area contributed by atoms with Crippen LogP contribution in [-0.2, 0) is 6.42 Å². The van der Waals surface area contributed by atoms with E-state index < -0.39 is 0 Å². The first-order valence-electron chi connectivity index (χ1n) is 8.09. The molecule has 1 aromatic carbocycles. The Morgan fingerprint density at radius 1 is 1.38 bits per heavy atom. The number of hydrogen-bond donors (Lipinski definition) is 3. The van der Waals surface area contributed by atoms with E-state index in [0.29, 0.717) is 11.0 Å². The number of anilines is 1.